The molecule has 0 saturated heterocycles. The van der Waals surface area contributed by atoms with Crippen LogP contribution in [-0.2, 0) is 4.74 Å². The molecule has 2 rings (SSSR count). The van der Waals surface area contributed by atoms with Gasteiger partial charge in [0.15, 0.2) is 0 Å². The highest BCUT2D eigenvalue weighted by molar-refractivity contribution is 7.10. The van der Waals surface area contributed by atoms with E-state index < -0.39 is 0 Å². The maximum atomic E-state index is 11.6. The molecule has 2 aromatic rings. The molecule has 0 spiro atoms. The molecule has 106 valence electrons. The Bertz CT molecular complexity index is 574. The summed E-state index contributed by atoms with van der Waals surface area (Å²) >= 11 is 1.75. The van der Waals surface area contributed by atoms with Crippen LogP contribution in [0.3, 0.4) is 0 Å². The van der Waals surface area contributed by atoms with Crippen LogP contribution in [-0.4, -0.2) is 12.6 Å². The van der Waals surface area contributed by atoms with Crippen molar-refractivity contribution in [3.05, 3.63) is 51.7 Å². The lowest BCUT2D eigenvalue weighted by atomic mass is 10.1. The monoisotopic (exact) mass is 289 g/mol. The van der Waals surface area contributed by atoms with Crippen molar-refractivity contribution in [1.29, 1.82) is 0 Å². The van der Waals surface area contributed by atoms with Crippen LogP contribution >= 0.6 is 11.3 Å². The van der Waals surface area contributed by atoms with Gasteiger partial charge in [0.2, 0.25) is 0 Å². The first kappa shape index (κ1) is 14.6. The van der Waals surface area contributed by atoms with Gasteiger partial charge >= 0.3 is 5.97 Å². The largest absolute Gasteiger partial charge is 0.462 e. The van der Waals surface area contributed by atoms with E-state index in [1.165, 1.54) is 10.4 Å². The highest BCUT2D eigenvalue weighted by Crippen LogP contribution is 2.26. The van der Waals surface area contributed by atoms with E-state index in [1.54, 1.807) is 30.4 Å². The van der Waals surface area contributed by atoms with Gasteiger partial charge < -0.3 is 10.1 Å². The summed E-state index contributed by atoms with van der Waals surface area (Å²) in [6.07, 6.45) is 0. The number of hydrogen-bond acceptors (Lipinski definition) is 4. The third kappa shape index (κ3) is 3.39. The van der Waals surface area contributed by atoms with E-state index in [9.17, 15) is 4.79 Å². The van der Waals surface area contributed by atoms with E-state index >= 15 is 0 Å². The summed E-state index contributed by atoms with van der Waals surface area (Å²) in [4.78, 5) is 12.9. The van der Waals surface area contributed by atoms with Gasteiger partial charge in [0.1, 0.15) is 0 Å². The molecule has 3 nitrogen and oxygen atoms in total. The molecule has 0 aliphatic rings. The summed E-state index contributed by atoms with van der Waals surface area (Å²) in [6, 6.07) is 9.77. The van der Waals surface area contributed by atoms with E-state index in [1.807, 2.05) is 12.1 Å². The molecule has 1 heterocycles. The van der Waals surface area contributed by atoms with Gasteiger partial charge in [-0.2, -0.15) is 0 Å². The highest BCUT2D eigenvalue weighted by Gasteiger charge is 2.10. The highest BCUT2D eigenvalue weighted by atomic mass is 32.1. The predicted molar refractivity (Wildman–Crippen MR) is 83.5 cm³/mol. The van der Waals surface area contributed by atoms with Crippen LogP contribution in [0.2, 0.25) is 0 Å². The number of carbonyl (C=O) groups excluding carboxylic acids is 1. The number of thiophene rings is 1. The second-order valence-electron chi connectivity index (χ2n) is 4.63. The summed E-state index contributed by atoms with van der Waals surface area (Å²) in [5.74, 6) is -0.277. The average molecular weight is 289 g/mol. The smallest absolute Gasteiger partial charge is 0.338 e. The van der Waals surface area contributed by atoms with Crippen LogP contribution < -0.4 is 5.32 Å². The standard InChI is InChI=1S/C16H19NO2S/c1-4-19-16(18)13-5-7-14(8-6-13)17-12(3)15-11(2)9-10-20-15/h5-10,12,17H,4H2,1-3H3. The van der Waals surface area contributed by atoms with Gasteiger partial charge in [0, 0.05) is 10.6 Å². The number of anilines is 1. The minimum Gasteiger partial charge on any atom is -0.462 e. The topological polar surface area (TPSA) is 38.3 Å². The normalized spacial score (nSPS) is 11.9. The number of nitrogens with one attached hydrogen (secondary N) is 1. The van der Waals surface area contributed by atoms with Crippen LogP contribution in [0.1, 0.15) is 40.7 Å². The molecule has 0 saturated carbocycles. The molecule has 1 atom stereocenters. The fourth-order valence-corrected chi connectivity index (χ4v) is 3.00. The van der Waals surface area contributed by atoms with Gasteiger partial charge in [-0.15, -0.1) is 11.3 Å². The van der Waals surface area contributed by atoms with Gasteiger partial charge in [0.05, 0.1) is 18.2 Å². The summed E-state index contributed by atoms with van der Waals surface area (Å²) in [6.45, 7) is 6.46. The summed E-state index contributed by atoms with van der Waals surface area (Å²) < 4.78 is 4.97. The Morgan fingerprint density at radius 3 is 2.55 bits per heavy atom. The zero-order chi connectivity index (χ0) is 14.5. The number of carbonyl (C=O) groups is 1. The Balaban J connectivity index is 2.04. The number of hydrogen-bond donors (Lipinski definition) is 1. The second kappa shape index (κ2) is 6.57. The first-order valence-corrected chi connectivity index (χ1v) is 7.57. The van der Waals surface area contributed by atoms with Gasteiger partial charge in [0.25, 0.3) is 0 Å². The lowest BCUT2D eigenvalue weighted by molar-refractivity contribution is 0.0526. The summed E-state index contributed by atoms with van der Waals surface area (Å²) in [7, 11) is 0. The Hall–Kier alpha value is -1.81. The quantitative estimate of drug-likeness (QED) is 0.829. The Kier molecular flexibility index (Phi) is 4.79. The lowest BCUT2D eigenvalue weighted by Gasteiger charge is -2.15. The molecule has 1 N–H and O–H groups in total. The van der Waals surface area contributed by atoms with Gasteiger partial charge in [-0.3, -0.25) is 0 Å². The van der Waals surface area contributed by atoms with Crippen molar-refractivity contribution in [2.24, 2.45) is 0 Å². The SMILES string of the molecule is CCOC(=O)c1ccc(NC(C)c2sccc2C)cc1. The van der Waals surface area contributed by atoms with Crippen molar-refractivity contribution in [3.63, 3.8) is 0 Å². The Morgan fingerprint density at radius 2 is 2.00 bits per heavy atom. The van der Waals surface area contributed by atoms with E-state index in [0.717, 1.165) is 5.69 Å². The third-order valence-electron chi connectivity index (χ3n) is 3.07. The predicted octanol–water partition coefficient (Wildman–Crippen LogP) is 4.41. The van der Waals surface area contributed by atoms with Crippen LogP contribution in [0, 0.1) is 6.92 Å². The fourth-order valence-electron chi connectivity index (χ4n) is 2.06. The molecule has 0 fully saturated rings. The minimum absolute atomic E-state index is 0.253. The average Bonchev–Trinajstić information content (AvgIpc) is 2.86. The van der Waals surface area contributed by atoms with Gasteiger partial charge in [-0.05, 0) is 62.0 Å². The van der Waals surface area contributed by atoms with E-state index in [2.05, 4.69) is 30.6 Å². The summed E-state index contributed by atoms with van der Waals surface area (Å²) in [5.41, 5.74) is 2.88. The Labute approximate surface area is 123 Å². The Morgan fingerprint density at radius 1 is 1.30 bits per heavy atom. The number of esters is 1. The number of ether oxygens (including phenoxy) is 1. The first-order chi connectivity index (χ1) is 9.61. The number of benzene rings is 1. The molecule has 1 aromatic carbocycles. The van der Waals surface area contributed by atoms with Crippen molar-refractivity contribution < 1.29 is 9.53 Å². The first-order valence-electron chi connectivity index (χ1n) is 6.69. The third-order valence-corrected chi connectivity index (χ3v) is 4.28. The summed E-state index contributed by atoms with van der Waals surface area (Å²) in [5, 5.41) is 5.55. The molecule has 1 aromatic heterocycles. The number of rotatable bonds is 5. The molecule has 4 heteroatoms. The maximum absolute atomic E-state index is 11.6. The molecule has 1 unspecified atom stereocenters. The molecule has 0 aliphatic carbocycles. The molecular weight excluding hydrogens is 270 g/mol. The van der Waals surface area contributed by atoms with Crippen molar-refractivity contribution >= 4 is 23.0 Å². The van der Waals surface area contributed by atoms with Crippen molar-refractivity contribution in [1.82, 2.24) is 0 Å². The van der Waals surface area contributed by atoms with Crippen LogP contribution in [0.25, 0.3) is 0 Å². The van der Waals surface area contributed by atoms with E-state index in [-0.39, 0.29) is 12.0 Å². The zero-order valence-electron chi connectivity index (χ0n) is 12.0. The molecule has 0 aliphatic heterocycles. The van der Waals surface area contributed by atoms with E-state index in [4.69, 9.17) is 4.74 Å². The van der Waals surface area contributed by atoms with Gasteiger partial charge in [-0.1, -0.05) is 0 Å². The second-order valence-corrected chi connectivity index (χ2v) is 5.58. The fraction of sp³-hybridized carbons (Fsp3) is 0.312. The molecule has 0 bridgehead atoms. The van der Waals surface area contributed by atoms with E-state index in [0.29, 0.717) is 12.2 Å². The maximum Gasteiger partial charge on any atom is 0.338 e. The van der Waals surface area contributed by atoms with Crippen LogP contribution in [0.5, 0.6) is 0 Å². The molecule has 0 amide bonds. The van der Waals surface area contributed by atoms with Crippen molar-refractivity contribution in [2.45, 2.75) is 26.8 Å². The molecule has 20 heavy (non-hydrogen) atoms. The zero-order valence-corrected chi connectivity index (χ0v) is 12.8. The molecular formula is C16H19NO2S. The van der Waals surface area contributed by atoms with Crippen molar-refractivity contribution in [3.8, 4) is 0 Å². The van der Waals surface area contributed by atoms with Crippen LogP contribution in [0.4, 0.5) is 5.69 Å². The number of aryl methyl sites for hydroxylation is 1. The lowest BCUT2D eigenvalue weighted by Crippen LogP contribution is -2.07. The van der Waals surface area contributed by atoms with Crippen LogP contribution in [0.15, 0.2) is 35.7 Å². The van der Waals surface area contributed by atoms with Crippen molar-refractivity contribution in [2.75, 3.05) is 11.9 Å². The minimum atomic E-state index is -0.277. The molecule has 0 radical (unpaired) electrons. The van der Waals surface area contributed by atoms with Gasteiger partial charge in [-0.25, -0.2) is 4.79 Å².